The Morgan fingerprint density at radius 2 is 1.31 bits per heavy atom. The molecule has 0 heterocycles. The van der Waals surface area contributed by atoms with Crippen molar-refractivity contribution >= 4 is 0 Å². The lowest BCUT2D eigenvalue weighted by atomic mass is 10.2. The molecule has 0 N–H and O–H groups in total. The van der Waals surface area contributed by atoms with Gasteiger partial charge in [0.05, 0.1) is 6.17 Å². The second kappa shape index (κ2) is 6.35. The van der Waals surface area contributed by atoms with E-state index in [1.807, 2.05) is 0 Å². The van der Waals surface area contributed by atoms with Crippen molar-refractivity contribution in [1.82, 2.24) is 14.7 Å². The fourth-order valence-electron chi connectivity index (χ4n) is 1.57. The first-order valence-electron chi connectivity index (χ1n) is 4.92. The van der Waals surface area contributed by atoms with Crippen LogP contribution >= 0.6 is 0 Å². The molecule has 0 aromatic heterocycles. The third kappa shape index (κ3) is 6.02. The predicted octanol–water partition coefficient (Wildman–Crippen LogP) is 0.778. The van der Waals surface area contributed by atoms with E-state index in [-0.39, 0.29) is 0 Å². The van der Waals surface area contributed by atoms with E-state index in [2.05, 4.69) is 57.0 Å². The molecule has 0 aliphatic carbocycles. The van der Waals surface area contributed by atoms with E-state index in [1.54, 1.807) is 0 Å². The maximum atomic E-state index is 2.27. The van der Waals surface area contributed by atoms with Crippen LogP contribution in [0.1, 0.15) is 12.8 Å². The monoisotopic (exact) mass is 187 g/mol. The molecule has 0 amide bonds. The smallest absolute Gasteiger partial charge is 0.0612 e. The Bertz CT molecular complexity index is 113. The summed E-state index contributed by atoms with van der Waals surface area (Å²) >= 11 is 0. The summed E-state index contributed by atoms with van der Waals surface area (Å²) < 4.78 is 0. The Balaban J connectivity index is 3.70. The summed E-state index contributed by atoms with van der Waals surface area (Å²) in [5.74, 6) is 0. The van der Waals surface area contributed by atoms with E-state index in [4.69, 9.17) is 0 Å². The van der Waals surface area contributed by atoms with Crippen LogP contribution in [0.5, 0.6) is 0 Å². The van der Waals surface area contributed by atoms with Crippen LogP contribution in [0.3, 0.4) is 0 Å². The highest BCUT2D eigenvalue weighted by molar-refractivity contribution is 4.63. The predicted molar refractivity (Wildman–Crippen MR) is 59.0 cm³/mol. The Labute approximate surface area is 83.3 Å². The molecular weight excluding hydrogens is 162 g/mol. The molecule has 3 nitrogen and oxygen atoms in total. The molecule has 13 heavy (non-hydrogen) atoms. The molecule has 0 aromatic rings. The summed E-state index contributed by atoms with van der Waals surface area (Å²) in [7, 11) is 12.8. The zero-order chi connectivity index (χ0) is 10.4. The van der Waals surface area contributed by atoms with Crippen LogP contribution in [0.15, 0.2) is 0 Å². The van der Waals surface area contributed by atoms with E-state index in [0.29, 0.717) is 6.17 Å². The largest absolute Gasteiger partial charge is 0.309 e. The number of rotatable bonds is 6. The molecule has 0 aliphatic rings. The Kier molecular flexibility index (Phi) is 6.29. The van der Waals surface area contributed by atoms with Gasteiger partial charge in [0, 0.05) is 0 Å². The van der Waals surface area contributed by atoms with Gasteiger partial charge in [-0.1, -0.05) is 0 Å². The van der Waals surface area contributed by atoms with E-state index in [0.717, 1.165) is 0 Å². The average molecular weight is 187 g/mol. The van der Waals surface area contributed by atoms with Gasteiger partial charge in [-0.05, 0) is 61.7 Å². The van der Waals surface area contributed by atoms with Crippen molar-refractivity contribution in [1.29, 1.82) is 0 Å². The fraction of sp³-hybridized carbons (Fsp3) is 1.00. The van der Waals surface area contributed by atoms with E-state index in [1.165, 1.54) is 19.4 Å². The van der Waals surface area contributed by atoms with Crippen LogP contribution in [0.25, 0.3) is 0 Å². The average Bonchev–Trinajstić information content (AvgIpc) is 1.95. The minimum absolute atomic E-state index is 0.569. The van der Waals surface area contributed by atoms with Gasteiger partial charge in [0.1, 0.15) is 0 Å². The van der Waals surface area contributed by atoms with Crippen molar-refractivity contribution in [3.05, 3.63) is 0 Å². The summed E-state index contributed by atoms with van der Waals surface area (Å²) in [5, 5.41) is 0. The molecule has 0 aliphatic heterocycles. The lowest BCUT2D eigenvalue weighted by Crippen LogP contribution is -2.40. The Hall–Kier alpha value is -0.120. The maximum absolute atomic E-state index is 2.27. The second-order valence-electron chi connectivity index (χ2n) is 4.35. The molecular formula is C10H25N3. The van der Waals surface area contributed by atoms with Crippen LogP contribution in [-0.2, 0) is 0 Å². The molecule has 0 atom stereocenters. The number of hydrogen-bond donors (Lipinski definition) is 0. The highest BCUT2D eigenvalue weighted by Crippen LogP contribution is 2.05. The second-order valence-corrected chi connectivity index (χ2v) is 4.35. The molecule has 80 valence electrons. The molecule has 0 unspecified atom stereocenters. The Morgan fingerprint density at radius 1 is 0.846 bits per heavy atom. The van der Waals surface area contributed by atoms with Crippen LogP contribution in [0.4, 0.5) is 0 Å². The van der Waals surface area contributed by atoms with Crippen molar-refractivity contribution in [3.63, 3.8) is 0 Å². The summed E-state index contributed by atoms with van der Waals surface area (Å²) in [6.07, 6.45) is 3.06. The minimum atomic E-state index is 0.569. The van der Waals surface area contributed by atoms with Gasteiger partial charge in [0.15, 0.2) is 0 Å². The van der Waals surface area contributed by atoms with Gasteiger partial charge < -0.3 is 4.90 Å². The number of nitrogens with zero attached hydrogens (tertiary/aromatic N) is 3. The van der Waals surface area contributed by atoms with Gasteiger partial charge >= 0.3 is 0 Å². The van der Waals surface area contributed by atoms with Crippen molar-refractivity contribution in [3.8, 4) is 0 Å². The van der Waals surface area contributed by atoms with Crippen molar-refractivity contribution in [2.45, 2.75) is 19.0 Å². The van der Waals surface area contributed by atoms with Crippen LogP contribution in [0, 0.1) is 0 Å². The molecule has 0 aromatic carbocycles. The molecule has 0 bridgehead atoms. The molecule has 3 heteroatoms. The summed E-state index contributed by atoms with van der Waals surface area (Å²) in [4.78, 5) is 6.79. The van der Waals surface area contributed by atoms with Crippen LogP contribution in [0.2, 0.25) is 0 Å². The van der Waals surface area contributed by atoms with Crippen LogP contribution in [-0.4, -0.2) is 69.7 Å². The van der Waals surface area contributed by atoms with E-state index < -0.39 is 0 Å². The first-order chi connectivity index (χ1) is 5.95. The van der Waals surface area contributed by atoms with Crippen molar-refractivity contribution < 1.29 is 0 Å². The third-order valence-corrected chi connectivity index (χ3v) is 2.26. The molecule has 0 saturated heterocycles. The molecule has 0 rings (SSSR count). The summed E-state index contributed by atoms with van der Waals surface area (Å²) in [5.41, 5.74) is 0. The van der Waals surface area contributed by atoms with E-state index in [9.17, 15) is 0 Å². The zero-order valence-electron chi connectivity index (χ0n) is 10.0. The highest BCUT2D eigenvalue weighted by atomic mass is 15.3. The summed E-state index contributed by atoms with van der Waals surface area (Å²) in [6.45, 7) is 1.18. The Morgan fingerprint density at radius 3 is 1.62 bits per heavy atom. The van der Waals surface area contributed by atoms with Crippen LogP contribution < -0.4 is 0 Å². The van der Waals surface area contributed by atoms with Gasteiger partial charge in [-0.3, -0.25) is 9.80 Å². The highest BCUT2D eigenvalue weighted by Gasteiger charge is 2.12. The van der Waals surface area contributed by atoms with Gasteiger partial charge in [0.2, 0.25) is 0 Å². The first-order valence-corrected chi connectivity index (χ1v) is 4.92. The van der Waals surface area contributed by atoms with Crippen molar-refractivity contribution in [2.24, 2.45) is 0 Å². The van der Waals surface area contributed by atoms with Crippen molar-refractivity contribution in [2.75, 3.05) is 48.8 Å². The van der Waals surface area contributed by atoms with Gasteiger partial charge in [0.25, 0.3) is 0 Å². The lowest BCUT2D eigenvalue weighted by molar-refractivity contribution is 0.115. The minimum Gasteiger partial charge on any atom is -0.309 e. The molecule has 0 spiro atoms. The molecule has 0 fully saturated rings. The SMILES string of the molecule is CN(C)CCCC(N(C)C)N(C)C. The molecule has 0 saturated carbocycles. The van der Waals surface area contributed by atoms with Gasteiger partial charge in [-0.15, -0.1) is 0 Å². The fourth-order valence-corrected chi connectivity index (χ4v) is 1.57. The van der Waals surface area contributed by atoms with E-state index >= 15 is 0 Å². The summed E-state index contributed by atoms with van der Waals surface area (Å²) in [6, 6.07) is 0. The topological polar surface area (TPSA) is 9.72 Å². The maximum Gasteiger partial charge on any atom is 0.0612 e. The third-order valence-electron chi connectivity index (χ3n) is 2.26. The number of hydrogen-bond acceptors (Lipinski definition) is 3. The zero-order valence-corrected chi connectivity index (χ0v) is 10.0. The van der Waals surface area contributed by atoms with Gasteiger partial charge in [-0.25, -0.2) is 0 Å². The standard InChI is InChI=1S/C10H25N3/c1-11(2)9-7-8-10(12(3)4)13(5)6/h10H,7-9H2,1-6H3. The first kappa shape index (κ1) is 12.9. The lowest BCUT2D eigenvalue weighted by Gasteiger charge is -2.30. The normalized spacial score (nSPS) is 12.5. The van der Waals surface area contributed by atoms with Gasteiger partial charge in [-0.2, -0.15) is 0 Å². The quantitative estimate of drug-likeness (QED) is 0.569. The molecule has 0 radical (unpaired) electrons.